The normalized spacial score (nSPS) is 18.7. The van der Waals surface area contributed by atoms with Gasteiger partial charge in [-0.2, -0.15) is 0 Å². The van der Waals surface area contributed by atoms with Crippen LogP contribution in [-0.4, -0.2) is 42.8 Å². The summed E-state index contributed by atoms with van der Waals surface area (Å²) in [7, 11) is 1.65. The van der Waals surface area contributed by atoms with Gasteiger partial charge in [0.1, 0.15) is 11.5 Å². The minimum atomic E-state index is -0.716. The van der Waals surface area contributed by atoms with E-state index in [0.717, 1.165) is 42.0 Å². The molecular formula is C22H27NO4. The van der Waals surface area contributed by atoms with Crippen molar-refractivity contribution in [1.82, 2.24) is 4.90 Å². The number of hydrogen-bond donors (Lipinski definition) is 1. The number of carboxylic acid groups (broad SMARTS) is 1. The van der Waals surface area contributed by atoms with Gasteiger partial charge in [0.2, 0.25) is 0 Å². The Morgan fingerprint density at radius 3 is 2.63 bits per heavy atom. The van der Waals surface area contributed by atoms with Crippen LogP contribution in [0.5, 0.6) is 11.5 Å². The molecule has 2 unspecified atom stereocenters. The summed E-state index contributed by atoms with van der Waals surface area (Å²) in [4.78, 5) is 13.8. The first-order chi connectivity index (χ1) is 13.1. The summed E-state index contributed by atoms with van der Waals surface area (Å²) >= 11 is 0. The molecule has 27 heavy (non-hydrogen) atoms. The molecule has 5 heteroatoms. The lowest BCUT2D eigenvalue weighted by molar-refractivity contribution is -0.143. The van der Waals surface area contributed by atoms with Crippen molar-refractivity contribution in [2.75, 3.05) is 26.8 Å². The number of ether oxygens (including phenoxy) is 2. The van der Waals surface area contributed by atoms with Gasteiger partial charge in [0.15, 0.2) is 0 Å². The first kappa shape index (κ1) is 19.2. The summed E-state index contributed by atoms with van der Waals surface area (Å²) < 4.78 is 11.2. The van der Waals surface area contributed by atoms with Crippen LogP contribution < -0.4 is 9.47 Å². The Hall–Kier alpha value is -2.53. The Balaban J connectivity index is 2.02. The van der Waals surface area contributed by atoms with Crippen LogP contribution in [0.15, 0.2) is 48.5 Å². The molecule has 1 aliphatic rings. The van der Waals surface area contributed by atoms with Gasteiger partial charge in [0.05, 0.1) is 25.7 Å². The zero-order valence-electron chi connectivity index (χ0n) is 15.9. The quantitative estimate of drug-likeness (QED) is 0.800. The third-order valence-corrected chi connectivity index (χ3v) is 5.11. The molecule has 0 radical (unpaired) electrons. The van der Waals surface area contributed by atoms with E-state index >= 15 is 0 Å². The standard InChI is InChI=1S/C22H27NO4/c1-3-27-20-9-5-4-8-19(20)21(16-10-12-18(26-2)13-11-16)23-14-6-7-17(15-23)22(24)25/h4-5,8-13,17,21H,3,6-7,14-15H2,1-2H3,(H,24,25). The van der Waals surface area contributed by atoms with Crippen molar-refractivity contribution >= 4 is 5.97 Å². The van der Waals surface area contributed by atoms with Gasteiger partial charge in [-0.25, -0.2) is 0 Å². The molecule has 1 fully saturated rings. The highest BCUT2D eigenvalue weighted by molar-refractivity contribution is 5.70. The molecule has 1 heterocycles. The number of carbonyl (C=O) groups is 1. The van der Waals surface area contributed by atoms with Gasteiger partial charge in [-0.15, -0.1) is 0 Å². The van der Waals surface area contributed by atoms with Crippen LogP contribution in [0.3, 0.4) is 0 Å². The molecule has 0 amide bonds. The Morgan fingerprint density at radius 2 is 1.96 bits per heavy atom. The number of nitrogens with zero attached hydrogens (tertiary/aromatic N) is 1. The largest absolute Gasteiger partial charge is 0.497 e. The lowest BCUT2D eigenvalue weighted by atomic mass is 9.91. The lowest BCUT2D eigenvalue weighted by Crippen LogP contribution is -2.41. The van der Waals surface area contributed by atoms with Crippen LogP contribution >= 0.6 is 0 Å². The smallest absolute Gasteiger partial charge is 0.307 e. The zero-order valence-corrected chi connectivity index (χ0v) is 15.9. The number of methoxy groups -OCH3 is 1. The maximum Gasteiger partial charge on any atom is 0.307 e. The van der Waals surface area contributed by atoms with Crippen molar-refractivity contribution in [2.45, 2.75) is 25.8 Å². The van der Waals surface area contributed by atoms with Gasteiger partial charge in [0, 0.05) is 12.1 Å². The molecule has 1 N–H and O–H groups in total. The molecule has 2 aromatic rings. The number of hydrogen-bond acceptors (Lipinski definition) is 4. The molecular weight excluding hydrogens is 342 g/mol. The van der Waals surface area contributed by atoms with Crippen LogP contribution in [0.2, 0.25) is 0 Å². The predicted octanol–water partition coefficient (Wildman–Crippen LogP) is 3.98. The fraction of sp³-hybridized carbons (Fsp3) is 0.409. The second kappa shape index (κ2) is 8.91. The fourth-order valence-electron chi connectivity index (χ4n) is 3.81. The average Bonchev–Trinajstić information content (AvgIpc) is 2.70. The third kappa shape index (κ3) is 4.42. The van der Waals surface area contributed by atoms with Crippen LogP contribution in [0.25, 0.3) is 0 Å². The predicted molar refractivity (Wildman–Crippen MR) is 104 cm³/mol. The van der Waals surface area contributed by atoms with Crippen LogP contribution in [-0.2, 0) is 4.79 Å². The van der Waals surface area contributed by atoms with E-state index in [4.69, 9.17) is 9.47 Å². The zero-order chi connectivity index (χ0) is 19.2. The van der Waals surface area contributed by atoms with E-state index in [2.05, 4.69) is 23.1 Å². The van der Waals surface area contributed by atoms with Gasteiger partial charge in [0.25, 0.3) is 0 Å². The summed E-state index contributed by atoms with van der Waals surface area (Å²) in [6, 6.07) is 16.0. The second-order valence-electron chi connectivity index (χ2n) is 6.82. The average molecular weight is 369 g/mol. The lowest BCUT2D eigenvalue weighted by Gasteiger charge is -2.38. The van der Waals surface area contributed by atoms with E-state index in [-0.39, 0.29) is 12.0 Å². The molecule has 0 saturated carbocycles. The molecule has 144 valence electrons. The fourth-order valence-corrected chi connectivity index (χ4v) is 3.81. The van der Waals surface area contributed by atoms with E-state index in [0.29, 0.717) is 13.2 Å². The summed E-state index contributed by atoms with van der Waals surface area (Å²) in [6.07, 6.45) is 1.61. The van der Waals surface area contributed by atoms with Crippen LogP contribution in [0, 0.1) is 5.92 Å². The Labute approximate surface area is 160 Å². The van der Waals surface area contributed by atoms with Gasteiger partial charge in [-0.1, -0.05) is 30.3 Å². The van der Waals surface area contributed by atoms with E-state index in [1.54, 1.807) is 7.11 Å². The summed E-state index contributed by atoms with van der Waals surface area (Å²) in [5, 5.41) is 9.52. The highest BCUT2D eigenvalue weighted by Gasteiger charge is 2.32. The van der Waals surface area contributed by atoms with Crippen molar-refractivity contribution in [3.05, 3.63) is 59.7 Å². The Morgan fingerprint density at radius 1 is 1.22 bits per heavy atom. The Kier molecular flexibility index (Phi) is 6.35. The monoisotopic (exact) mass is 369 g/mol. The van der Waals surface area contributed by atoms with Crippen molar-refractivity contribution < 1.29 is 19.4 Å². The summed E-state index contributed by atoms with van der Waals surface area (Å²) in [5.41, 5.74) is 2.17. The molecule has 3 rings (SSSR count). The SMILES string of the molecule is CCOc1ccccc1C(c1ccc(OC)cc1)N1CCCC(C(=O)O)C1. The first-order valence-electron chi connectivity index (χ1n) is 9.46. The number of piperidine rings is 1. The molecule has 2 aromatic carbocycles. The molecule has 0 spiro atoms. The maximum absolute atomic E-state index is 11.6. The minimum absolute atomic E-state index is 0.0548. The number of likely N-dealkylation sites (tertiary alicyclic amines) is 1. The second-order valence-corrected chi connectivity index (χ2v) is 6.82. The van der Waals surface area contributed by atoms with Crippen LogP contribution in [0.4, 0.5) is 0 Å². The van der Waals surface area contributed by atoms with Crippen molar-refractivity contribution in [3.8, 4) is 11.5 Å². The summed E-state index contributed by atoms with van der Waals surface area (Å²) in [5.74, 6) is 0.598. The Bertz CT molecular complexity index is 759. The topological polar surface area (TPSA) is 59.0 Å². The third-order valence-electron chi connectivity index (χ3n) is 5.11. The van der Waals surface area contributed by atoms with Crippen LogP contribution in [0.1, 0.15) is 36.9 Å². The molecule has 0 bridgehead atoms. The summed E-state index contributed by atoms with van der Waals surface area (Å²) in [6.45, 7) is 3.96. The highest BCUT2D eigenvalue weighted by atomic mass is 16.5. The molecule has 2 atom stereocenters. The first-order valence-corrected chi connectivity index (χ1v) is 9.46. The minimum Gasteiger partial charge on any atom is -0.497 e. The maximum atomic E-state index is 11.6. The molecule has 1 aliphatic heterocycles. The van der Waals surface area contributed by atoms with E-state index in [1.807, 2.05) is 37.3 Å². The number of benzene rings is 2. The van der Waals surface area contributed by atoms with Gasteiger partial charge in [-0.3, -0.25) is 9.69 Å². The molecule has 5 nitrogen and oxygen atoms in total. The van der Waals surface area contributed by atoms with E-state index < -0.39 is 5.97 Å². The molecule has 1 saturated heterocycles. The number of rotatable bonds is 7. The van der Waals surface area contributed by atoms with Gasteiger partial charge in [-0.05, 0) is 50.1 Å². The molecule has 0 aromatic heterocycles. The number of aliphatic carboxylic acids is 1. The van der Waals surface area contributed by atoms with Crippen molar-refractivity contribution in [1.29, 1.82) is 0 Å². The van der Waals surface area contributed by atoms with Gasteiger partial charge < -0.3 is 14.6 Å². The van der Waals surface area contributed by atoms with E-state index in [1.165, 1.54) is 0 Å². The number of para-hydroxylation sites is 1. The van der Waals surface area contributed by atoms with Gasteiger partial charge >= 0.3 is 5.97 Å². The van der Waals surface area contributed by atoms with E-state index in [9.17, 15) is 9.90 Å². The molecule has 0 aliphatic carbocycles. The highest BCUT2D eigenvalue weighted by Crippen LogP contribution is 2.37. The number of carboxylic acids is 1. The van der Waals surface area contributed by atoms with Crippen molar-refractivity contribution in [2.24, 2.45) is 5.92 Å². The van der Waals surface area contributed by atoms with Crippen molar-refractivity contribution in [3.63, 3.8) is 0 Å².